The first-order valence-corrected chi connectivity index (χ1v) is 34.0. The summed E-state index contributed by atoms with van der Waals surface area (Å²) in [6, 6.07) is 0. The second-order valence-electron chi connectivity index (χ2n) is 28.1. The number of aliphatic carboxylic acids is 1. The molecule has 2 fully saturated rings. The van der Waals surface area contributed by atoms with Crippen molar-refractivity contribution in [2.75, 3.05) is 26.2 Å². The van der Waals surface area contributed by atoms with Crippen LogP contribution in [0.1, 0.15) is 293 Å². The zero-order valence-corrected chi connectivity index (χ0v) is 60.4. The largest absolute Gasteiger partial charge is 0.481 e. The first kappa shape index (κ1) is 91.2. The first-order valence-electron chi connectivity index (χ1n) is 34.0. The Kier molecular flexibility index (Phi) is 64.0. The van der Waals surface area contributed by atoms with E-state index in [1.54, 1.807) is 0 Å². The van der Waals surface area contributed by atoms with Gasteiger partial charge in [-0.05, 0) is 224 Å². The molecule has 86 heavy (non-hydrogen) atoms. The van der Waals surface area contributed by atoms with Gasteiger partial charge in [0.25, 0.3) is 0 Å². The van der Waals surface area contributed by atoms with Crippen LogP contribution in [0, 0.1) is 81.1 Å². The molecule has 2 amide bonds. The van der Waals surface area contributed by atoms with Crippen molar-refractivity contribution in [3.05, 3.63) is 68.9 Å². The lowest BCUT2D eigenvalue weighted by Gasteiger charge is -2.18. The molecule has 0 spiro atoms. The Labute approximate surface area is 538 Å². The first-order chi connectivity index (χ1) is 39.9. The Morgan fingerprint density at radius 1 is 0.593 bits per heavy atom. The number of carbonyl (C=O) groups excluding carboxylic acids is 3. The zero-order valence-electron chi connectivity index (χ0n) is 59.6. The fourth-order valence-electron chi connectivity index (χ4n) is 10.6. The molecule has 11 nitrogen and oxygen atoms in total. The normalized spacial score (nSPS) is 16.8. The van der Waals surface area contributed by atoms with Gasteiger partial charge in [0.15, 0.2) is 0 Å². The lowest BCUT2D eigenvalue weighted by atomic mass is 9.89. The number of amides is 2. The number of nitro groups is 1. The van der Waals surface area contributed by atoms with Crippen molar-refractivity contribution in [1.82, 2.24) is 10.6 Å². The van der Waals surface area contributed by atoms with Crippen molar-refractivity contribution < 1.29 is 29.2 Å². The summed E-state index contributed by atoms with van der Waals surface area (Å²) in [6.45, 7) is 46.0. The molecule has 0 saturated carbocycles. The Morgan fingerprint density at radius 2 is 0.953 bits per heavy atom. The number of carboxylic acid groups (broad SMARTS) is 1. The third kappa shape index (κ3) is 69.5. The molecule has 2 aliphatic heterocycles. The minimum absolute atomic E-state index is 0. The number of aldehydes is 1. The molecule has 5 N–H and O–H groups in total. The van der Waals surface area contributed by atoms with Crippen LogP contribution in [0.15, 0.2) is 58.7 Å². The van der Waals surface area contributed by atoms with Gasteiger partial charge in [0.05, 0.1) is 0 Å². The summed E-state index contributed by atoms with van der Waals surface area (Å²) in [4.78, 5) is 53.0. The van der Waals surface area contributed by atoms with Crippen LogP contribution in [0.4, 0.5) is 0 Å². The minimum atomic E-state index is -0.732. The molecule has 0 aromatic heterocycles. The molecule has 12 heteroatoms. The van der Waals surface area contributed by atoms with Crippen LogP contribution < -0.4 is 16.4 Å². The summed E-state index contributed by atoms with van der Waals surface area (Å²) < 4.78 is 0. The Hall–Kier alpha value is -3.57. The lowest BCUT2D eigenvalue weighted by molar-refractivity contribution is -0.488. The molecular formula is C74H141ClN4O7. The van der Waals surface area contributed by atoms with E-state index in [9.17, 15) is 29.3 Å². The topological polar surface area (TPSA) is 182 Å². The van der Waals surface area contributed by atoms with E-state index in [1.165, 1.54) is 106 Å². The number of nitrogens with two attached hydrogens (primary N) is 1. The summed E-state index contributed by atoms with van der Waals surface area (Å²) in [5.74, 6) is 6.97. The number of allylic oxidation sites excluding steroid dienone is 10. The predicted molar refractivity (Wildman–Crippen MR) is 376 cm³/mol. The maximum atomic E-state index is 11.0. The molecule has 0 aromatic carbocycles. The second kappa shape index (κ2) is 60.3. The van der Waals surface area contributed by atoms with Gasteiger partial charge in [-0.1, -0.05) is 173 Å². The molecule has 4 unspecified atom stereocenters. The monoisotopic (exact) mass is 1230 g/mol. The van der Waals surface area contributed by atoms with Crippen LogP contribution in [-0.4, -0.2) is 60.3 Å². The number of nitrogens with zero attached hydrogens (tertiary/aromatic N) is 1. The van der Waals surface area contributed by atoms with Gasteiger partial charge in [-0.25, -0.2) is 0 Å². The van der Waals surface area contributed by atoms with E-state index in [4.69, 9.17) is 10.8 Å². The van der Waals surface area contributed by atoms with Crippen molar-refractivity contribution >= 4 is 36.5 Å². The Bertz CT molecular complexity index is 1830. The van der Waals surface area contributed by atoms with Crippen LogP contribution in [0.5, 0.6) is 0 Å². The van der Waals surface area contributed by atoms with Crippen LogP contribution in [0.3, 0.4) is 0 Å². The summed E-state index contributed by atoms with van der Waals surface area (Å²) in [5, 5.41) is 25.0. The number of carboxylic acids is 1. The number of rotatable bonds is 38. The van der Waals surface area contributed by atoms with E-state index in [1.807, 2.05) is 6.92 Å². The molecule has 2 aliphatic rings. The molecule has 0 aliphatic carbocycles. The van der Waals surface area contributed by atoms with Gasteiger partial charge in [-0.3, -0.25) is 24.5 Å². The molecule has 2 saturated heterocycles. The van der Waals surface area contributed by atoms with E-state index in [-0.39, 0.29) is 53.9 Å². The number of nitrogens with one attached hydrogen (secondary N) is 2. The van der Waals surface area contributed by atoms with Gasteiger partial charge in [0.1, 0.15) is 6.29 Å². The smallest absolute Gasteiger partial charge is 0.303 e. The predicted octanol–water partition coefficient (Wildman–Crippen LogP) is 20.5. The van der Waals surface area contributed by atoms with Crippen molar-refractivity contribution in [3.63, 3.8) is 0 Å². The number of halogens is 1. The van der Waals surface area contributed by atoms with Gasteiger partial charge >= 0.3 is 5.97 Å². The van der Waals surface area contributed by atoms with Crippen LogP contribution in [0.2, 0.25) is 0 Å². The summed E-state index contributed by atoms with van der Waals surface area (Å²) >= 11 is 0. The number of hydrogen-bond acceptors (Lipinski definition) is 7. The Balaban J connectivity index is -0.000000306. The second-order valence-corrected chi connectivity index (χ2v) is 28.1. The molecule has 0 bridgehead atoms. The molecular weight excluding hydrogens is 1090 g/mol. The standard InChI is InChI=1S/C13H27NO2.C13H25NO2.C13H25NO.C13H23NO.C12H22.C10H18O.ClH/c1-10(2)5-4-6-11(3)7-12(9-14)8-13(15)16;1-5-13(10-14(15)16)9-12(4)8-6-7-11(2)3;2*1-10(2)5-4-6-11(3)7-12-8-13(15)14-9-12;1-5-6-9-12(4)10-7-8-11(2)3;1-9(2)5-4-6-10(3)7-8-11;/h10-12H,4-9,14H2,1-3H3,(H,15,16);7,12-13H,5-6,8-10H2,1-4H3;10-12H,4-9H2,1-3H3,(H,14,15);5,11-12H,4,6-9H2,1-3H3,(H,14,15);5-6,8,12H,7,9-10H2,1-4H3;5,8,10H,4,6-7H2,1-3H3;1H/b;;;;6-5+;;/t11-,12?;12-,13?;2*11-,12?;12-;10-;/m000010./s1. The van der Waals surface area contributed by atoms with Crippen molar-refractivity contribution in [1.29, 1.82) is 0 Å². The Morgan fingerprint density at radius 3 is 1.28 bits per heavy atom. The highest BCUT2D eigenvalue weighted by Gasteiger charge is 2.24. The van der Waals surface area contributed by atoms with Crippen LogP contribution in [0.25, 0.3) is 0 Å². The summed E-state index contributed by atoms with van der Waals surface area (Å²) in [5.41, 5.74) is 11.1. The maximum Gasteiger partial charge on any atom is 0.303 e. The van der Waals surface area contributed by atoms with Gasteiger partial charge < -0.3 is 26.3 Å². The molecule has 10 atom stereocenters. The number of carbonyl (C=O) groups is 4. The number of hydrogen-bond donors (Lipinski definition) is 4. The highest BCUT2D eigenvalue weighted by atomic mass is 35.5. The van der Waals surface area contributed by atoms with E-state index < -0.39 is 5.97 Å². The third-order valence-electron chi connectivity index (χ3n) is 15.9. The van der Waals surface area contributed by atoms with Crippen molar-refractivity contribution in [3.8, 4) is 0 Å². The van der Waals surface area contributed by atoms with Crippen LogP contribution >= 0.6 is 12.4 Å². The van der Waals surface area contributed by atoms with E-state index in [2.05, 4.69) is 179 Å². The van der Waals surface area contributed by atoms with Gasteiger partial charge in [0.2, 0.25) is 18.4 Å². The van der Waals surface area contributed by atoms with Crippen LogP contribution in [-0.2, 0) is 19.2 Å². The summed E-state index contributed by atoms with van der Waals surface area (Å²) in [6.07, 6.45) is 40.5. The third-order valence-corrected chi connectivity index (χ3v) is 15.9. The van der Waals surface area contributed by atoms with Gasteiger partial charge in [0, 0.05) is 49.6 Å². The molecule has 0 aromatic rings. The van der Waals surface area contributed by atoms with Gasteiger partial charge in [-0.15, -0.1) is 12.4 Å². The highest BCUT2D eigenvalue weighted by Crippen LogP contribution is 2.26. The van der Waals surface area contributed by atoms with Gasteiger partial charge in [-0.2, -0.15) is 0 Å². The summed E-state index contributed by atoms with van der Waals surface area (Å²) in [7, 11) is 0. The van der Waals surface area contributed by atoms with E-state index >= 15 is 0 Å². The minimum Gasteiger partial charge on any atom is -0.481 e. The zero-order chi connectivity index (χ0) is 65.7. The molecule has 0 radical (unpaired) electrons. The average molecular weight is 1230 g/mol. The fourth-order valence-corrected chi connectivity index (χ4v) is 10.6. The fraction of sp³-hybridized carbons (Fsp3) is 0.811. The molecule has 2 heterocycles. The quantitative estimate of drug-likeness (QED) is 0.0204. The maximum absolute atomic E-state index is 11.0. The molecule has 2 rings (SSSR count). The molecule has 506 valence electrons. The lowest BCUT2D eigenvalue weighted by Crippen LogP contribution is -2.20. The highest BCUT2D eigenvalue weighted by molar-refractivity contribution is 5.85. The van der Waals surface area contributed by atoms with E-state index in [0.29, 0.717) is 42.6 Å². The average Bonchev–Trinajstić information content (AvgIpc) is 4.17. The van der Waals surface area contributed by atoms with E-state index in [0.717, 1.165) is 107 Å². The van der Waals surface area contributed by atoms with Crippen molar-refractivity contribution in [2.45, 2.75) is 293 Å². The van der Waals surface area contributed by atoms with Crippen molar-refractivity contribution in [2.24, 2.45) is 76.7 Å². The SMILES string of the molecule is C/C=C/C[C@@H](C)CCC=C(C)C.CC(C)=CCC[C@H](C)CC1CNC(=O)C1.CC(C)=CCC[C@H](C)CC=O.CC(C)CCC[C@H](C)CC(CN)CC(=O)O.CC(C)CCC[C@H](C)CC1CNC(=O)C1.CCC(C[C@@H](C)CCC=C(C)C)C[N+](=O)[O-].Cl.